The number of aromatic nitrogens is 2. The van der Waals surface area contributed by atoms with Crippen molar-refractivity contribution in [1.82, 2.24) is 9.78 Å². The van der Waals surface area contributed by atoms with Crippen LogP contribution in [-0.4, -0.2) is 22.9 Å². The number of anilines is 2. The van der Waals surface area contributed by atoms with Crippen molar-refractivity contribution in [1.29, 1.82) is 0 Å². The summed E-state index contributed by atoms with van der Waals surface area (Å²) in [6.07, 6.45) is 3.88. The zero-order valence-electron chi connectivity index (χ0n) is 11.4. The van der Waals surface area contributed by atoms with Gasteiger partial charge in [0, 0.05) is 24.5 Å². The van der Waals surface area contributed by atoms with Crippen LogP contribution in [0.25, 0.3) is 0 Å². The second-order valence-electron chi connectivity index (χ2n) is 4.39. The molecular formula is C14H20N4O. The second-order valence-corrected chi connectivity index (χ2v) is 4.39. The molecule has 0 radical (unpaired) electrons. The van der Waals surface area contributed by atoms with Crippen molar-refractivity contribution < 1.29 is 4.74 Å². The molecule has 3 N–H and O–H groups in total. The Morgan fingerprint density at radius 1 is 1.42 bits per heavy atom. The van der Waals surface area contributed by atoms with Crippen LogP contribution < -0.4 is 15.8 Å². The molecule has 0 aliphatic heterocycles. The predicted molar refractivity (Wildman–Crippen MR) is 77.5 cm³/mol. The first-order valence-electron chi connectivity index (χ1n) is 6.44. The Morgan fingerprint density at radius 3 is 2.95 bits per heavy atom. The van der Waals surface area contributed by atoms with E-state index in [0.29, 0.717) is 12.3 Å². The van der Waals surface area contributed by atoms with E-state index in [1.165, 1.54) is 5.56 Å². The summed E-state index contributed by atoms with van der Waals surface area (Å²) >= 11 is 0. The molecule has 102 valence electrons. The monoisotopic (exact) mass is 260 g/mol. The fourth-order valence-electron chi connectivity index (χ4n) is 1.83. The average molecular weight is 260 g/mol. The highest BCUT2D eigenvalue weighted by Crippen LogP contribution is 2.25. The van der Waals surface area contributed by atoms with E-state index in [1.807, 2.05) is 49.1 Å². The molecular weight excluding hydrogens is 240 g/mol. The summed E-state index contributed by atoms with van der Waals surface area (Å²) in [6.45, 7) is 6.21. The van der Waals surface area contributed by atoms with Crippen molar-refractivity contribution in [3.63, 3.8) is 0 Å². The van der Waals surface area contributed by atoms with Crippen LogP contribution >= 0.6 is 0 Å². The molecule has 5 heteroatoms. The summed E-state index contributed by atoms with van der Waals surface area (Å²) < 4.78 is 7.38. The number of nitrogen functional groups attached to an aromatic ring is 1. The highest BCUT2D eigenvalue weighted by Gasteiger charge is 2.01. The molecule has 0 amide bonds. The standard InChI is InChI=1S/C14H20N4O/c1-3-19-14-8-12(4-5-13(14)15)16-6-7-18-10-11(2)9-17-18/h4-5,8-10,16H,3,6-7,15H2,1-2H3. The molecule has 1 heterocycles. The van der Waals surface area contributed by atoms with E-state index < -0.39 is 0 Å². The first-order chi connectivity index (χ1) is 9.19. The summed E-state index contributed by atoms with van der Waals surface area (Å²) in [5, 5.41) is 7.57. The summed E-state index contributed by atoms with van der Waals surface area (Å²) in [4.78, 5) is 0. The maximum Gasteiger partial charge on any atom is 0.144 e. The predicted octanol–water partition coefficient (Wildman–Crippen LogP) is 2.28. The van der Waals surface area contributed by atoms with Crippen LogP contribution in [0, 0.1) is 6.92 Å². The van der Waals surface area contributed by atoms with Gasteiger partial charge < -0.3 is 15.8 Å². The minimum absolute atomic E-state index is 0.611. The molecule has 0 aliphatic carbocycles. The maximum absolute atomic E-state index is 5.83. The van der Waals surface area contributed by atoms with Crippen molar-refractivity contribution in [3.8, 4) is 5.75 Å². The molecule has 5 nitrogen and oxygen atoms in total. The Kier molecular flexibility index (Phi) is 4.28. The van der Waals surface area contributed by atoms with E-state index in [9.17, 15) is 0 Å². The molecule has 19 heavy (non-hydrogen) atoms. The van der Waals surface area contributed by atoms with Gasteiger partial charge in [0.2, 0.25) is 0 Å². The Balaban J connectivity index is 1.90. The van der Waals surface area contributed by atoms with Crippen LogP contribution in [0.1, 0.15) is 12.5 Å². The highest BCUT2D eigenvalue weighted by molar-refractivity contribution is 5.61. The van der Waals surface area contributed by atoms with Gasteiger partial charge in [-0.25, -0.2) is 0 Å². The molecule has 0 aliphatic rings. The highest BCUT2D eigenvalue weighted by atomic mass is 16.5. The molecule has 1 aromatic carbocycles. The van der Waals surface area contributed by atoms with Gasteiger partial charge in [-0.2, -0.15) is 5.10 Å². The molecule has 1 aromatic heterocycles. The quantitative estimate of drug-likeness (QED) is 0.782. The van der Waals surface area contributed by atoms with Crippen molar-refractivity contribution in [2.75, 3.05) is 24.2 Å². The third kappa shape index (κ3) is 3.64. The lowest BCUT2D eigenvalue weighted by molar-refractivity contribution is 0.342. The fraction of sp³-hybridized carbons (Fsp3) is 0.357. The molecule has 0 bridgehead atoms. The van der Waals surface area contributed by atoms with Gasteiger partial charge in [-0.05, 0) is 31.5 Å². The van der Waals surface area contributed by atoms with Crippen LogP contribution in [0.4, 0.5) is 11.4 Å². The molecule has 0 fully saturated rings. The van der Waals surface area contributed by atoms with E-state index >= 15 is 0 Å². The number of benzene rings is 1. The average Bonchev–Trinajstić information content (AvgIpc) is 2.79. The molecule has 0 spiro atoms. The largest absolute Gasteiger partial charge is 0.492 e. The van der Waals surface area contributed by atoms with E-state index in [2.05, 4.69) is 10.4 Å². The van der Waals surface area contributed by atoms with Crippen LogP contribution in [0.15, 0.2) is 30.6 Å². The van der Waals surface area contributed by atoms with Gasteiger partial charge in [0.1, 0.15) is 5.75 Å². The molecule has 0 unspecified atom stereocenters. The lowest BCUT2D eigenvalue weighted by Gasteiger charge is -2.11. The molecule has 2 rings (SSSR count). The smallest absolute Gasteiger partial charge is 0.144 e. The number of nitrogens with one attached hydrogen (secondary N) is 1. The molecule has 0 atom stereocenters. The second kappa shape index (κ2) is 6.13. The Bertz CT molecular complexity index is 536. The number of nitrogens with two attached hydrogens (primary N) is 1. The van der Waals surface area contributed by atoms with Gasteiger partial charge in [-0.1, -0.05) is 0 Å². The lowest BCUT2D eigenvalue weighted by Crippen LogP contribution is -2.11. The topological polar surface area (TPSA) is 65.1 Å². The Hall–Kier alpha value is -2.17. The third-order valence-electron chi connectivity index (χ3n) is 2.75. The first-order valence-corrected chi connectivity index (χ1v) is 6.44. The van der Waals surface area contributed by atoms with E-state index in [0.717, 1.165) is 24.5 Å². The SMILES string of the molecule is CCOc1cc(NCCn2cc(C)cn2)ccc1N. The molecule has 0 saturated carbocycles. The Labute approximate surface area is 113 Å². The number of hydrogen-bond acceptors (Lipinski definition) is 4. The van der Waals surface area contributed by atoms with Crippen LogP contribution in [0.3, 0.4) is 0 Å². The number of aryl methyl sites for hydroxylation is 1. The van der Waals surface area contributed by atoms with Gasteiger partial charge in [-0.15, -0.1) is 0 Å². The van der Waals surface area contributed by atoms with Crippen molar-refractivity contribution in [2.45, 2.75) is 20.4 Å². The minimum atomic E-state index is 0.611. The summed E-state index contributed by atoms with van der Waals surface area (Å²) in [6, 6.07) is 5.73. The zero-order chi connectivity index (χ0) is 13.7. The minimum Gasteiger partial charge on any atom is -0.492 e. The summed E-state index contributed by atoms with van der Waals surface area (Å²) in [5.74, 6) is 0.724. The third-order valence-corrected chi connectivity index (χ3v) is 2.75. The van der Waals surface area contributed by atoms with Crippen molar-refractivity contribution in [2.24, 2.45) is 0 Å². The van der Waals surface area contributed by atoms with Gasteiger partial charge in [-0.3, -0.25) is 4.68 Å². The maximum atomic E-state index is 5.83. The zero-order valence-corrected chi connectivity index (χ0v) is 11.4. The van der Waals surface area contributed by atoms with Gasteiger partial charge in [0.15, 0.2) is 0 Å². The fourth-order valence-corrected chi connectivity index (χ4v) is 1.83. The van der Waals surface area contributed by atoms with E-state index in [1.54, 1.807) is 0 Å². The summed E-state index contributed by atoms with van der Waals surface area (Å²) in [7, 11) is 0. The number of nitrogens with zero attached hydrogens (tertiary/aromatic N) is 2. The first kappa shape index (κ1) is 13.3. The number of rotatable bonds is 6. The molecule has 0 saturated heterocycles. The van der Waals surface area contributed by atoms with Gasteiger partial charge in [0.25, 0.3) is 0 Å². The molecule has 2 aromatic rings. The normalized spacial score (nSPS) is 10.4. The van der Waals surface area contributed by atoms with Crippen molar-refractivity contribution >= 4 is 11.4 Å². The van der Waals surface area contributed by atoms with E-state index in [-0.39, 0.29) is 0 Å². The van der Waals surface area contributed by atoms with E-state index in [4.69, 9.17) is 10.5 Å². The van der Waals surface area contributed by atoms with Crippen LogP contribution in [0.2, 0.25) is 0 Å². The summed E-state index contributed by atoms with van der Waals surface area (Å²) in [5.41, 5.74) is 8.67. The Morgan fingerprint density at radius 2 is 2.26 bits per heavy atom. The van der Waals surface area contributed by atoms with Gasteiger partial charge >= 0.3 is 0 Å². The lowest BCUT2D eigenvalue weighted by atomic mass is 10.2. The van der Waals surface area contributed by atoms with Gasteiger partial charge in [0.05, 0.1) is 25.0 Å². The van der Waals surface area contributed by atoms with Crippen molar-refractivity contribution in [3.05, 3.63) is 36.2 Å². The number of ether oxygens (including phenoxy) is 1. The van der Waals surface area contributed by atoms with Crippen LogP contribution in [0.5, 0.6) is 5.75 Å². The number of hydrogen-bond donors (Lipinski definition) is 2. The van der Waals surface area contributed by atoms with Crippen LogP contribution in [-0.2, 0) is 6.54 Å².